The zero-order chi connectivity index (χ0) is 15.6. The summed E-state index contributed by atoms with van der Waals surface area (Å²) in [7, 11) is 0. The Labute approximate surface area is 133 Å². The van der Waals surface area contributed by atoms with E-state index in [-0.39, 0.29) is 5.63 Å². The number of benzene rings is 3. The molecule has 0 atom stereocenters. The molecule has 2 nitrogen and oxygen atoms in total. The van der Waals surface area contributed by atoms with Crippen molar-refractivity contribution in [1.82, 2.24) is 0 Å². The molecule has 1 heterocycles. The molecule has 23 heavy (non-hydrogen) atoms. The van der Waals surface area contributed by atoms with Crippen LogP contribution >= 0.6 is 0 Å². The Morgan fingerprint density at radius 3 is 2.61 bits per heavy atom. The maximum atomic E-state index is 12.4. The SMILES string of the molecule is Cc1ccc2oc(=O)c3cc4c(cc3c2c1)-c1ccccc1C4. The summed E-state index contributed by atoms with van der Waals surface area (Å²) in [5.41, 5.74) is 6.60. The minimum absolute atomic E-state index is 0.255. The molecule has 0 saturated carbocycles. The Morgan fingerprint density at radius 1 is 0.826 bits per heavy atom. The van der Waals surface area contributed by atoms with Crippen molar-refractivity contribution in [1.29, 1.82) is 0 Å². The lowest BCUT2D eigenvalue weighted by Crippen LogP contribution is -2.01. The van der Waals surface area contributed by atoms with E-state index in [1.54, 1.807) is 0 Å². The van der Waals surface area contributed by atoms with Gasteiger partial charge >= 0.3 is 5.63 Å². The van der Waals surface area contributed by atoms with Crippen molar-refractivity contribution in [2.75, 3.05) is 0 Å². The zero-order valence-electron chi connectivity index (χ0n) is 12.7. The third-order valence-electron chi connectivity index (χ3n) is 4.78. The first kappa shape index (κ1) is 12.7. The normalized spacial score (nSPS) is 12.6. The van der Waals surface area contributed by atoms with Crippen molar-refractivity contribution in [3.05, 3.63) is 81.7 Å². The molecule has 0 saturated heterocycles. The first-order valence-electron chi connectivity index (χ1n) is 7.79. The predicted molar refractivity (Wildman–Crippen MR) is 93.0 cm³/mol. The van der Waals surface area contributed by atoms with Gasteiger partial charge in [-0.25, -0.2) is 4.79 Å². The summed E-state index contributed by atoms with van der Waals surface area (Å²) in [6, 6.07) is 18.6. The lowest BCUT2D eigenvalue weighted by atomic mass is 9.99. The van der Waals surface area contributed by atoms with E-state index in [2.05, 4.69) is 43.3 Å². The van der Waals surface area contributed by atoms with Gasteiger partial charge in [0.05, 0.1) is 5.39 Å². The van der Waals surface area contributed by atoms with Crippen molar-refractivity contribution < 1.29 is 4.42 Å². The van der Waals surface area contributed by atoms with E-state index >= 15 is 0 Å². The van der Waals surface area contributed by atoms with Crippen LogP contribution in [0.15, 0.2) is 63.8 Å². The highest BCUT2D eigenvalue weighted by molar-refractivity contribution is 6.07. The molecule has 3 aromatic carbocycles. The number of rotatable bonds is 0. The fraction of sp³-hybridized carbons (Fsp3) is 0.0952. The summed E-state index contributed by atoms with van der Waals surface area (Å²) < 4.78 is 5.51. The van der Waals surface area contributed by atoms with Crippen molar-refractivity contribution in [2.45, 2.75) is 13.3 Å². The fourth-order valence-corrected chi connectivity index (χ4v) is 3.67. The molecule has 0 amide bonds. The van der Waals surface area contributed by atoms with E-state index in [0.717, 1.165) is 22.8 Å². The van der Waals surface area contributed by atoms with Crippen LogP contribution in [-0.4, -0.2) is 0 Å². The fourth-order valence-electron chi connectivity index (χ4n) is 3.67. The lowest BCUT2D eigenvalue weighted by molar-refractivity contribution is 0.569. The summed E-state index contributed by atoms with van der Waals surface area (Å²) in [4.78, 5) is 12.4. The molecular weight excluding hydrogens is 284 g/mol. The Hall–Kier alpha value is -2.87. The molecule has 0 N–H and O–H groups in total. The zero-order valence-corrected chi connectivity index (χ0v) is 12.7. The number of aryl methyl sites for hydroxylation is 1. The minimum Gasteiger partial charge on any atom is -0.422 e. The lowest BCUT2D eigenvalue weighted by Gasteiger charge is -2.07. The first-order chi connectivity index (χ1) is 11.2. The molecule has 110 valence electrons. The first-order valence-corrected chi connectivity index (χ1v) is 7.79. The van der Waals surface area contributed by atoms with Crippen LogP contribution in [0, 0.1) is 6.92 Å². The smallest absolute Gasteiger partial charge is 0.344 e. The van der Waals surface area contributed by atoms with Crippen molar-refractivity contribution in [2.24, 2.45) is 0 Å². The van der Waals surface area contributed by atoms with E-state index in [4.69, 9.17) is 4.42 Å². The van der Waals surface area contributed by atoms with Gasteiger partial charge < -0.3 is 4.42 Å². The Bertz CT molecular complexity index is 1170. The monoisotopic (exact) mass is 298 g/mol. The highest BCUT2D eigenvalue weighted by Crippen LogP contribution is 2.39. The van der Waals surface area contributed by atoms with Crippen molar-refractivity contribution in [3.63, 3.8) is 0 Å². The van der Waals surface area contributed by atoms with Gasteiger partial charge in [0.1, 0.15) is 5.58 Å². The van der Waals surface area contributed by atoms with Gasteiger partial charge in [0.15, 0.2) is 0 Å². The number of hydrogen-bond acceptors (Lipinski definition) is 2. The van der Waals surface area contributed by atoms with Crippen molar-refractivity contribution in [3.8, 4) is 11.1 Å². The van der Waals surface area contributed by atoms with Crippen LogP contribution in [-0.2, 0) is 6.42 Å². The van der Waals surface area contributed by atoms with E-state index in [1.807, 2.05) is 18.2 Å². The molecule has 1 aromatic heterocycles. The van der Waals surface area contributed by atoms with Crippen LogP contribution in [0.2, 0.25) is 0 Å². The van der Waals surface area contributed by atoms with Gasteiger partial charge in [0.2, 0.25) is 0 Å². The van der Waals surface area contributed by atoms with Gasteiger partial charge in [-0.2, -0.15) is 0 Å². The molecule has 0 unspecified atom stereocenters. The Kier molecular flexibility index (Phi) is 2.38. The molecule has 1 aliphatic rings. The highest BCUT2D eigenvalue weighted by atomic mass is 16.4. The van der Waals surface area contributed by atoms with Crippen LogP contribution in [0.1, 0.15) is 16.7 Å². The van der Waals surface area contributed by atoms with Crippen LogP contribution in [0.3, 0.4) is 0 Å². The maximum absolute atomic E-state index is 12.4. The third kappa shape index (κ3) is 1.72. The van der Waals surface area contributed by atoms with Crippen LogP contribution in [0.5, 0.6) is 0 Å². The molecule has 4 aromatic rings. The van der Waals surface area contributed by atoms with Gasteiger partial charge in [-0.3, -0.25) is 0 Å². The van der Waals surface area contributed by atoms with Crippen LogP contribution < -0.4 is 5.63 Å². The molecule has 0 spiro atoms. The quantitative estimate of drug-likeness (QED) is 0.303. The average Bonchev–Trinajstić information content (AvgIpc) is 2.92. The van der Waals surface area contributed by atoms with Gasteiger partial charge in [0.25, 0.3) is 0 Å². The minimum atomic E-state index is -0.255. The van der Waals surface area contributed by atoms with E-state index < -0.39 is 0 Å². The largest absolute Gasteiger partial charge is 0.422 e. The van der Waals surface area contributed by atoms with Gasteiger partial charge in [0, 0.05) is 10.8 Å². The molecule has 5 rings (SSSR count). The van der Waals surface area contributed by atoms with Crippen LogP contribution in [0.4, 0.5) is 0 Å². The van der Waals surface area contributed by atoms with Gasteiger partial charge in [-0.1, -0.05) is 35.9 Å². The van der Waals surface area contributed by atoms with Gasteiger partial charge in [-0.05, 0) is 59.9 Å². The molecule has 0 aliphatic heterocycles. The van der Waals surface area contributed by atoms with E-state index in [1.165, 1.54) is 22.3 Å². The van der Waals surface area contributed by atoms with E-state index in [0.29, 0.717) is 11.0 Å². The Balaban J connectivity index is 1.96. The maximum Gasteiger partial charge on any atom is 0.344 e. The van der Waals surface area contributed by atoms with Crippen LogP contribution in [0.25, 0.3) is 32.9 Å². The molecule has 1 aliphatic carbocycles. The molecule has 0 fully saturated rings. The number of fused-ring (bicyclic) bond motifs is 6. The summed E-state index contributed by atoms with van der Waals surface area (Å²) >= 11 is 0. The van der Waals surface area contributed by atoms with Crippen molar-refractivity contribution >= 4 is 21.7 Å². The third-order valence-corrected chi connectivity index (χ3v) is 4.78. The average molecular weight is 298 g/mol. The molecular formula is C21H14O2. The predicted octanol–water partition coefficient (Wildman–Crippen LogP) is 4.83. The second-order valence-electron chi connectivity index (χ2n) is 6.28. The van der Waals surface area contributed by atoms with E-state index in [9.17, 15) is 4.79 Å². The topological polar surface area (TPSA) is 30.2 Å². The summed E-state index contributed by atoms with van der Waals surface area (Å²) in [5, 5.41) is 2.66. The summed E-state index contributed by atoms with van der Waals surface area (Å²) in [5.74, 6) is 0. The summed E-state index contributed by atoms with van der Waals surface area (Å²) in [6.07, 6.45) is 0.882. The Morgan fingerprint density at radius 2 is 1.70 bits per heavy atom. The highest BCUT2D eigenvalue weighted by Gasteiger charge is 2.20. The molecule has 0 radical (unpaired) electrons. The van der Waals surface area contributed by atoms with Gasteiger partial charge in [-0.15, -0.1) is 0 Å². The molecule has 2 heteroatoms. The standard InChI is InChI=1S/C21H14O2/c1-12-6-7-20-18(8-12)17-11-16-14(10-19(17)21(22)23-20)9-13-4-2-3-5-15(13)16/h2-8,10-11H,9H2,1H3. The second kappa shape index (κ2) is 4.32. The summed E-state index contributed by atoms with van der Waals surface area (Å²) in [6.45, 7) is 2.05. The number of hydrogen-bond donors (Lipinski definition) is 0. The molecule has 0 bridgehead atoms. The second-order valence-corrected chi connectivity index (χ2v) is 6.28.